The van der Waals surface area contributed by atoms with E-state index in [4.69, 9.17) is 21.7 Å². The van der Waals surface area contributed by atoms with Crippen molar-refractivity contribution in [1.82, 2.24) is 10.6 Å². The van der Waals surface area contributed by atoms with Crippen LogP contribution in [-0.2, 0) is 4.74 Å². The number of anilines is 1. The molecule has 3 N–H and O–H groups in total. The average molecular weight is 484 g/mol. The van der Waals surface area contributed by atoms with Crippen molar-refractivity contribution >= 4 is 34.8 Å². The maximum Gasteiger partial charge on any atom is 0.261 e. The molecule has 1 heterocycles. The van der Waals surface area contributed by atoms with Gasteiger partial charge in [-0.15, -0.1) is 0 Å². The Labute approximate surface area is 206 Å². The highest BCUT2D eigenvalue weighted by Crippen LogP contribution is 2.19. The molecule has 7 nitrogen and oxygen atoms in total. The van der Waals surface area contributed by atoms with Crippen molar-refractivity contribution in [3.63, 3.8) is 0 Å². The van der Waals surface area contributed by atoms with Gasteiger partial charge in [-0.1, -0.05) is 50.5 Å². The van der Waals surface area contributed by atoms with Gasteiger partial charge in [-0.25, -0.2) is 0 Å². The molecule has 182 valence electrons. The quantitative estimate of drug-likeness (QED) is 0.318. The fourth-order valence-corrected chi connectivity index (χ4v) is 3.91. The van der Waals surface area contributed by atoms with Gasteiger partial charge in [0, 0.05) is 13.2 Å². The van der Waals surface area contributed by atoms with Crippen molar-refractivity contribution in [3.8, 4) is 5.75 Å². The number of ether oxygens (including phenoxy) is 2. The van der Waals surface area contributed by atoms with Crippen LogP contribution in [-0.4, -0.2) is 42.8 Å². The highest BCUT2D eigenvalue weighted by atomic mass is 32.1. The lowest BCUT2D eigenvalue weighted by Crippen LogP contribution is -2.36. The van der Waals surface area contributed by atoms with Crippen molar-refractivity contribution in [2.24, 2.45) is 0 Å². The Morgan fingerprint density at radius 1 is 1.03 bits per heavy atom. The van der Waals surface area contributed by atoms with Crippen LogP contribution in [0.15, 0.2) is 48.5 Å². The molecule has 0 radical (unpaired) electrons. The molecule has 0 bridgehead atoms. The Balaban J connectivity index is 1.56. The molecular weight excluding hydrogens is 450 g/mol. The second-order valence-electron chi connectivity index (χ2n) is 8.20. The minimum Gasteiger partial charge on any atom is -0.493 e. The number of nitrogens with one attached hydrogen (secondary N) is 3. The molecule has 8 heteroatoms. The summed E-state index contributed by atoms with van der Waals surface area (Å²) in [5, 5.41) is 8.67. The van der Waals surface area contributed by atoms with Crippen molar-refractivity contribution in [2.45, 2.75) is 51.6 Å². The van der Waals surface area contributed by atoms with Gasteiger partial charge in [0.05, 0.1) is 29.5 Å². The molecular formula is C26H33N3O4S. The number of hydrogen-bond acceptors (Lipinski definition) is 5. The second-order valence-corrected chi connectivity index (χ2v) is 8.61. The van der Waals surface area contributed by atoms with Gasteiger partial charge in [0.15, 0.2) is 5.11 Å². The summed E-state index contributed by atoms with van der Waals surface area (Å²) in [5.74, 6) is -0.0790. The normalized spacial score (nSPS) is 14.9. The lowest BCUT2D eigenvalue weighted by atomic mass is 10.1. The van der Waals surface area contributed by atoms with E-state index < -0.39 is 0 Å². The molecule has 0 aromatic heterocycles. The zero-order valence-electron chi connectivity index (χ0n) is 19.6. The molecule has 1 aliphatic heterocycles. The maximum absolute atomic E-state index is 12.9. The molecule has 2 amide bonds. The van der Waals surface area contributed by atoms with Crippen LogP contribution in [0.2, 0.25) is 0 Å². The molecule has 2 aromatic rings. The van der Waals surface area contributed by atoms with Crippen molar-refractivity contribution in [1.29, 1.82) is 0 Å². The van der Waals surface area contributed by atoms with E-state index in [1.807, 2.05) is 6.07 Å². The SMILES string of the molecule is CCCCCCOc1ccccc1C(=O)NC(=S)Nc1ccccc1C(=O)NCC1CCCO1. The summed E-state index contributed by atoms with van der Waals surface area (Å²) >= 11 is 5.35. The van der Waals surface area contributed by atoms with Crippen LogP contribution in [0.4, 0.5) is 5.69 Å². The van der Waals surface area contributed by atoms with Crippen LogP contribution in [0, 0.1) is 0 Å². The smallest absolute Gasteiger partial charge is 0.261 e. The number of amides is 2. The van der Waals surface area contributed by atoms with Crippen LogP contribution >= 0.6 is 12.2 Å². The lowest BCUT2D eigenvalue weighted by Gasteiger charge is -2.16. The maximum atomic E-state index is 12.9. The number of thiocarbonyl (C=S) groups is 1. The first-order valence-corrected chi connectivity index (χ1v) is 12.3. The third kappa shape index (κ3) is 7.81. The molecule has 2 aromatic carbocycles. The molecule has 34 heavy (non-hydrogen) atoms. The first-order valence-electron chi connectivity index (χ1n) is 11.9. The Morgan fingerprint density at radius 2 is 1.79 bits per heavy atom. The number of carbonyl (C=O) groups is 2. The number of para-hydroxylation sites is 2. The Hall–Kier alpha value is -2.97. The van der Waals surface area contributed by atoms with E-state index in [9.17, 15) is 9.59 Å². The van der Waals surface area contributed by atoms with Crippen LogP contribution < -0.4 is 20.7 Å². The van der Waals surface area contributed by atoms with Gasteiger partial charge >= 0.3 is 0 Å². The summed E-state index contributed by atoms with van der Waals surface area (Å²) in [4.78, 5) is 25.6. The first-order chi connectivity index (χ1) is 16.6. The van der Waals surface area contributed by atoms with Gasteiger partial charge in [-0.3, -0.25) is 14.9 Å². The summed E-state index contributed by atoms with van der Waals surface area (Å²) in [7, 11) is 0. The number of rotatable bonds is 11. The summed E-state index contributed by atoms with van der Waals surface area (Å²) in [5.41, 5.74) is 1.36. The van der Waals surface area contributed by atoms with E-state index in [-0.39, 0.29) is 23.0 Å². The van der Waals surface area contributed by atoms with E-state index in [0.717, 1.165) is 38.7 Å². The molecule has 0 saturated carbocycles. The Morgan fingerprint density at radius 3 is 2.56 bits per heavy atom. The summed E-state index contributed by atoms with van der Waals surface area (Å²) in [6.07, 6.45) is 6.37. The third-order valence-corrected chi connectivity index (χ3v) is 5.75. The fourth-order valence-electron chi connectivity index (χ4n) is 3.71. The van der Waals surface area contributed by atoms with E-state index >= 15 is 0 Å². The third-order valence-electron chi connectivity index (χ3n) is 5.55. The Kier molecular flexibility index (Phi) is 10.3. The highest BCUT2D eigenvalue weighted by Gasteiger charge is 2.19. The predicted octanol–water partition coefficient (Wildman–Crippen LogP) is 4.68. The van der Waals surface area contributed by atoms with E-state index in [1.54, 1.807) is 42.5 Å². The van der Waals surface area contributed by atoms with Crippen molar-refractivity contribution < 1.29 is 19.1 Å². The molecule has 1 unspecified atom stereocenters. The summed E-state index contributed by atoms with van der Waals surface area (Å²) in [6, 6.07) is 14.1. The van der Waals surface area contributed by atoms with Crippen LogP contribution in [0.5, 0.6) is 5.75 Å². The average Bonchev–Trinajstić information content (AvgIpc) is 3.37. The molecule has 1 atom stereocenters. The number of benzene rings is 2. The highest BCUT2D eigenvalue weighted by molar-refractivity contribution is 7.80. The topological polar surface area (TPSA) is 88.7 Å². The Bertz CT molecular complexity index is 976. The lowest BCUT2D eigenvalue weighted by molar-refractivity contribution is 0.0858. The molecule has 0 aliphatic carbocycles. The summed E-state index contributed by atoms with van der Waals surface area (Å²) in [6.45, 7) is 3.91. The zero-order chi connectivity index (χ0) is 24.2. The first kappa shape index (κ1) is 25.6. The monoisotopic (exact) mass is 483 g/mol. The number of unbranched alkanes of at least 4 members (excludes halogenated alkanes) is 3. The largest absolute Gasteiger partial charge is 0.493 e. The number of carbonyl (C=O) groups excluding carboxylic acids is 2. The minimum absolute atomic E-state index is 0.0540. The van der Waals surface area contributed by atoms with Gasteiger partial charge in [-0.2, -0.15) is 0 Å². The summed E-state index contributed by atoms with van der Waals surface area (Å²) < 4.78 is 11.4. The fraction of sp³-hybridized carbons (Fsp3) is 0.423. The molecule has 1 fully saturated rings. The van der Waals surface area contributed by atoms with E-state index in [0.29, 0.717) is 35.7 Å². The van der Waals surface area contributed by atoms with Crippen molar-refractivity contribution in [3.05, 3.63) is 59.7 Å². The number of hydrogen-bond donors (Lipinski definition) is 3. The van der Waals surface area contributed by atoms with Gasteiger partial charge in [0.25, 0.3) is 11.8 Å². The standard InChI is InChI=1S/C26H33N3O4S/c1-2-3-4-9-16-33-23-15-8-6-13-21(23)25(31)29-26(34)28-22-14-7-5-12-20(22)24(30)27-18-19-11-10-17-32-19/h5-8,12-15,19H,2-4,9-11,16-18H2,1H3,(H,27,30)(H2,28,29,31,34). The van der Waals surface area contributed by atoms with E-state index in [1.165, 1.54) is 6.42 Å². The van der Waals surface area contributed by atoms with Gasteiger partial charge in [0.1, 0.15) is 5.75 Å². The second kappa shape index (κ2) is 13.7. The van der Waals surface area contributed by atoms with Crippen LogP contribution in [0.3, 0.4) is 0 Å². The van der Waals surface area contributed by atoms with Gasteiger partial charge < -0.3 is 20.1 Å². The van der Waals surface area contributed by atoms with Crippen LogP contribution in [0.1, 0.15) is 66.2 Å². The predicted molar refractivity (Wildman–Crippen MR) is 138 cm³/mol. The van der Waals surface area contributed by atoms with Crippen molar-refractivity contribution in [2.75, 3.05) is 25.1 Å². The minimum atomic E-state index is -0.373. The molecule has 0 spiro atoms. The van der Waals surface area contributed by atoms with Crippen LogP contribution in [0.25, 0.3) is 0 Å². The van der Waals surface area contributed by atoms with Gasteiger partial charge in [0.2, 0.25) is 0 Å². The van der Waals surface area contributed by atoms with E-state index in [2.05, 4.69) is 22.9 Å². The molecule has 3 rings (SSSR count). The zero-order valence-corrected chi connectivity index (χ0v) is 20.4. The molecule has 1 aliphatic rings. The molecule has 1 saturated heterocycles. The van der Waals surface area contributed by atoms with Gasteiger partial charge in [-0.05, 0) is 55.7 Å².